The van der Waals surface area contributed by atoms with Crippen molar-refractivity contribution in [3.63, 3.8) is 0 Å². The average Bonchev–Trinajstić information content (AvgIpc) is 2.26. The Morgan fingerprint density at radius 3 is 2.24 bits per heavy atom. The molecule has 0 atom stereocenters. The molecule has 17 heavy (non-hydrogen) atoms. The summed E-state index contributed by atoms with van der Waals surface area (Å²) in [6.07, 6.45) is 9.63. The normalized spacial score (nSPS) is 20.5. The maximum atomic E-state index is 5.30. The van der Waals surface area contributed by atoms with Gasteiger partial charge in [-0.3, -0.25) is 0 Å². The van der Waals surface area contributed by atoms with Gasteiger partial charge in [0.25, 0.3) is 0 Å². The minimum atomic E-state index is 0.247. The van der Waals surface area contributed by atoms with Crippen molar-refractivity contribution in [3.05, 3.63) is 0 Å². The Balaban J connectivity index is 2.40. The minimum Gasteiger partial charge on any atom is -0.385 e. The Bertz CT molecular complexity index is 201. The Morgan fingerprint density at radius 1 is 1.06 bits per heavy atom. The van der Waals surface area contributed by atoms with Crippen LogP contribution < -0.4 is 5.32 Å². The Morgan fingerprint density at radius 2 is 1.71 bits per heavy atom. The molecule has 2 heteroatoms. The first-order valence-corrected chi connectivity index (χ1v) is 7.21. The lowest BCUT2D eigenvalue weighted by molar-refractivity contribution is 0.0929. The summed E-state index contributed by atoms with van der Waals surface area (Å²) in [6.45, 7) is 8.81. The van der Waals surface area contributed by atoms with Crippen molar-refractivity contribution < 1.29 is 4.74 Å². The Hall–Kier alpha value is -0.0800. The van der Waals surface area contributed by atoms with Crippen LogP contribution in [-0.2, 0) is 4.74 Å². The zero-order valence-electron chi connectivity index (χ0n) is 12.3. The molecule has 0 aromatic carbocycles. The largest absolute Gasteiger partial charge is 0.385 e. The van der Waals surface area contributed by atoms with Crippen LogP contribution in [0.4, 0.5) is 0 Å². The molecule has 1 saturated carbocycles. The van der Waals surface area contributed by atoms with Crippen LogP contribution in [0.3, 0.4) is 0 Å². The van der Waals surface area contributed by atoms with Crippen LogP contribution in [0.15, 0.2) is 0 Å². The van der Waals surface area contributed by atoms with Crippen LogP contribution in [0.2, 0.25) is 0 Å². The number of nitrogens with one attached hydrogen (secondary N) is 1. The van der Waals surface area contributed by atoms with E-state index in [1.165, 1.54) is 44.9 Å². The number of hydrogen-bond acceptors (Lipinski definition) is 2. The van der Waals surface area contributed by atoms with Crippen LogP contribution in [0.5, 0.6) is 0 Å². The van der Waals surface area contributed by atoms with Gasteiger partial charge in [-0.25, -0.2) is 0 Å². The summed E-state index contributed by atoms with van der Waals surface area (Å²) in [4.78, 5) is 0. The zero-order chi connectivity index (χ0) is 12.8. The van der Waals surface area contributed by atoms with Crippen molar-refractivity contribution in [1.82, 2.24) is 5.32 Å². The molecule has 0 radical (unpaired) electrons. The molecule has 1 aliphatic carbocycles. The van der Waals surface area contributed by atoms with E-state index in [1.807, 2.05) is 7.11 Å². The van der Waals surface area contributed by atoms with Gasteiger partial charge in [-0.2, -0.15) is 0 Å². The Labute approximate surface area is 108 Å². The molecular weight excluding hydrogens is 210 g/mol. The van der Waals surface area contributed by atoms with Gasteiger partial charge in [0, 0.05) is 19.3 Å². The van der Waals surface area contributed by atoms with E-state index in [1.54, 1.807) is 0 Å². The summed E-state index contributed by atoms with van der Waals surface area (Å²) < 4.78 is 5.30. The molecule has 0 amide bonds. The number of ether oxygens (including phenoxy) is 1. The molecular formula is C15H31NO. The van der Waals surface area contributed by atoms with E-state index in [-0.39, 0.29) is 5.54 Å². The lowest BCUT2D eigenvalue weighted by atomic mass is 9.70. The summed E-state index contributed by atoms with van der Waals surface area (Å²) in [7, 11) is 1.82. The highest BCUT2D eigenvalue weighted by atomic mass is 16.5. The van der Waals surface area contributed by atoms with E-state index in [9.17, 15) is 0 Å². The maximum Gasteiger partial charge on any atom is 0.0467 e. The van der Waals surface area contributed by atoms with Crippen molar-refractivity contribution in [1.29, 1.82) is 0 Å². The molecule has 0 unspecified atom stereocenters. The molecule has 0 aromatic heterocycles. The predicted molar refractivity (Wildman–Crippen MR) is 74.4 cm³/mol. The van der Waals surface area contributed by atoms with E-state index in [4.69, 9.17) is 4.74 Å². The van der Waals surface area contributed by atoms with Gasteiger partial charge < -0.3 is 10.1 Å². The zero-order valence-corrected chi connectivity index (χ0v) is 12.3. The second kappa shape index (κ2) is 6.75. The fourth-order valence-corrected chi connectivity index (χ4v) is 2.95. The third-order valence-corrected chi connectivity index (χ3v) is 4.06. The molecule has 1 rings (SSSR count). The third-order valence-electron chi connectivity index (χ3n) is 4.06. The fraction of sp³-hybridized carbons (Fsp3) is 1.00. The monoisotopic (exact) mass is 241 g/mol. The second-order valence-corrected chi connectivity index (χ2v) is 6.73. The van der Waals surface area contributed by atoms with E-state index in [0.29, 0.717) is 5.41 Å². The lowest BCUT2D eigenvalue weighted by Gasteiger charge is -2.38. The Kier molecular flexibility index (Phi) is 5.94. The molecule has 0 aliphatic heterocycles. The molecule has 102 valence electrons. The van der Waals surface area contributed by atoms with E-state index in [0.717, 1.165) is 13.2 Å². The number of methoxy groups -OCH3 is 1. The molecule has 1 N–H and O–H groups in total. The van der Waals surface area contributed by atoms with Gasteiger partial charge in [0.1, 0.15) is 0 Å². The smallest absolute Gasteiger partial charge is 0.0467 e. The van der Waals surface area contributed by atoms with Crippen LogP contribution in [0.25, 0.3) is 0 Å². The minimum absolute atomic E-state index is 0.247. The van der Waals surface area contributed by atoms with Crippen molar-refractivity contribution in [2.24, 2.45) is 5.41 Å². The number of hydrogen-bond donors (Lipinski definition) is 1. The predicted octanol–water partition coefficient (Wildman–Crippen LogP) is 3.75. The first kappa shape index (κ1) is 15.0. The van der Waals surface area contributed by atoms with Crippen LogP contribution in [-0.4, -0.2) is 25.8 Å². The van der Waals surface area contributed by atoms with Gasteiger partial charge in [0.05, 0.1) is 0 Å². The highest BCUT2D eigenvalue weighted by Gasteiger charge is 2.31. The molecule has 0 heterocycles. The molecule has 0 bridgehead atoms. The number of rotatable bonds is 6. The molecule has 1 aliphatic rings. The molecule has 0 saturated heterocycles. The van der Waals surface area contributed by atoms with Gasteiger partial charge in [-0.15, -0.1) is 0 Å². The second-order valence-electron chi connectivity index (χ2n) is 6.73. The molecule has 1 fully saturated rings. The van der Waals surface area contributed by atoms with Crippen LogP contribution >= 0.6 is 0 Å². The van der Waals surface area contributed by atoms with Crippen LogP contribution in [0.1, 0.15) is 65.7 Å². The van der Waals surface area contributed by atoms with Crippen molar-refractivity contribution in [2.75, 3.05) is 20.3 Å². The first-order valence-electron chi connectivity index (χ1n) is 7.21. The standard InChI is InChI=1S/C15H31NO/c1-14(2,3)16-12-10-15(11-13-17-4)8-6-5-7-9-15/h16H,5-13H2,1-4H3. The maximum absolute atomic E-state index is 5.30. The highest BCUT2D eigenvalue weighted by molar-refractivity contribution is 4.84. The quantitative estimate of drug-likeness (QED) is 0.764. The van der Waals surface area contributed by atoms with Crippen molar-refractivity contribution >= 4 is 0 Å². The summed E-state index contributed by atoms with van der Waals surface area (Å²) in [5.41, 5.74) is 0.809. The van der Waals surface area contributed by atoms with Gasteiger partial charge in [-0.05, 0) is 58.4 Å². The summed E-state index contributed by atoms with van der Waals surface area (Å²) in [6, 6.07) is 0. The summed E-state index contributed by atoms with van der Waals surface area (Å²) >= 11 is 0. The molecule has 0 aromatic rings. The molecule has 2 nitrogen and oxygen atoms in total. The topological polar surface area (TPSA) is 21.3 Å². The van der Waals surface area contributed by atoms with Gasteiger partial charge in [0.2, 0.25) is 0 Å². The van der Waals surface area contributed by atoms with E-state index < -0.39 is 0 Å². The van der Waals surface area contributed by atoms with Gasteiger partial charge >= 0.3 is 0 Å². The first-order chi connectivity index (χ1) is 7.97. The lowest BCUT2D eigenvalue weighted by Crippen LogP contribution is -2.39. The average molecular weight is 241 g/mol. The molecule has 0 spiro atoms. The van der Waals surface area contributed by atoms with E-state index in [2.05, 4.69) is 26.1 Å². The van der Waals surface area contributed by atoms with E-state index >= 15 is 0 Å². The summed E-state index contributed by atoms with van der Waals surface area (Å²) in [5, 5.41) is 3.63. The van der Waals surface area contributed by atoms with Crippen molar-refractivity contribution in [3.8, 4) is 0 Å². The van der Waals surface area contributed by atoms with Crippen LogP contribution in [0, 0.1) is 5.41 Å². The fourth-order valence-electron chi connectivity index (χ4n) is 2.95. The SMILES string of the molecule is COCCC1(CCNC(C)(C)C)CCCCC1. The van der Waals surface area contributed by atoms with Gasteiger partial charge in [-0.1, -0.05) is 19.3 Å². The third kappa shape index (κ3) is 5.87. The van der Waals surface area contributed by atoms with Gasteiger partial charge in [0.15, 0.2) is 0 Å². The highest BCUT2D eigenvalue weighted by Crippen LogP contribution is 2.42. The van der Waals surface area contributed by atoms with Crippen molar-refractivity contribution in [2.45, 2.75) is 71.3 Å². The summed E-state index contributed by atoms with van der Waals surface area (Å²) in [5.74, 6) is 0.